The molecule has 6 heteroatoms. The van der Waals surface area contributed by atoms with Gasteiger partial charge in [-0.3, -0.25) is 4.98 Å². The average molecular weight is 401 g/mol. The Kier molecular flexibility index (Phi) is 5.15. The molecule has 0 atom stereocenters. The maximum Gasteiger partial charge on any atom is 0.416 e. The molecule has 3 aromatic rings. The fraction of sp³-hybridized carbons (Fsp3) is 0.435. The van der Waals surface area contributed by atoms with E-state index in [1.165, 1.54) is 34.6 Å². The summed E-state index contributed by atoms with van der Waals surface area (Å²) in [4.78, 5) is 6.24. The van der Waals surface area contributed by atoms with Crippen LogP contribution in [-0.2, 0) is 32.1 Å². The highest BCUT2D eigenvalue weighted by atomic mass is 19.4. The van der Waals surface area contributed by atoms with Crippen molar-refractivity contribution in [2.75, 3.05) is 13.6 Å². The molecule has 0 N–H and O–H groups in total. The average Bonchev–Trinajstić information content (AvgIpc) is 2.98. The smallest absolute Gasteiger partial charge is 0.344 e. The first kappa shape index (κ1) is 20.0. The first-order valence-corrected chi connectivity index (χ1v) is 10.1. The normalized spacial score (nSPS) is 15.3. The van der Waals surface area contributed by atoms with E-state index in [0.29, 0.717) is 18.9 Å². The van der Waals surface area contributed by atoms with Gasteiger partial charge in [-0.2, -0.15) is 13.2 Å². The molecule has 0 saturated heterocycles. The van der Waals surface area contributed by atoms with Gasteiger partial charge in [-0.05, 0) is 54.3 Å². The van der Waals surface area contributed by atoms with Crippen molar-refractivity contribution >= 4 is 10.9 Å². The Morgan fingerprint density at radius 3 is 2.69 bits per heavy atom. The molecule has 0 amide bonds. The Labute approximate surface area is 169 Å². The number of hydrogen-bond donors (Lipinski definition) is 0. The molecule has 0 fully saturated rings. The predicted octanol–water partition coefficient (Wildman–Crippen LogP) is 5.41. The third-order valence-electron chi connectivity index (χ3n) is 5.95. The summed E-state index contributed by atoms with van der Waals surface area (Å²) in [5, 5.41) is 1.24. The summed E-state index contributed by atoms with van der Waals surface area (Å²) in [6, 6.07) is 7.61. The van der Waals surface area contributed by atoms with Gasteiger partial charge in [0.15, 0.2) is 0 Å². The van der Waals surface area contributed by atoms with Crippen LogP contribution in [0.3, 0.4) is 0 Å². The zero-order chi connectivity index (χ0) is 20.8. The number of likely N-dealkylation sites (N-methyl/N-ethyl adjacent to an activating group) is 1. The van der Waals surface area contributed by atoms with Gasteiger partial charge < -0.3 is 9.47 Å². The van der Waals surface area contributed by atoms with E-state index in [2.05, 4.69) is 53.5 Å². The summed E-state index contributed by atoms with van der Waals surface area (Å²) in [6.07, 6.45) is -0.573. The lowest BCUT2D eigenvalue weighted by atomic mass is 9.98. The highest BCUT2D eigenvalue weighted by Gasteiger charge is 2.33. The van der Waals surface area contributed by atoms with Crippen LogP contribution in [0.25, 0.3) is 10.9 Å². The molecule has 3 heterocycles. The van der Waals surface area contributed by atoms with E-state index in [-0.39, 0.29) is 5.56 Å². The molecule has 1 aliphatic heterocycles. The standard InChI is InChI=1S/C23H26F3N3/c1-15(2)16-4-5-21-18(12-16)19-14-28(3)10-8-22(19)29(21)11-7-17-13-27-9-6-20(17)23(24,25)26/h4-6,9,12-13,15H,7-8,10-11,14H2,1-3H3. The quantitative estimate of drug-likeness (QED) is 0.583. The molecule has 29 heavy (non-hydrogen) atoms. The van der Waals surface area contributed by atoms with Gasteiger partial charge in [0.2, 0.25) is 0 Å². The van der Waals surface area contributed by atoms with E-state index in [1.807, 2.05) is 0 Å². The fourth-order valence-electron chi connectivity index (χ4n) is 4.35. The van der Waals surface area contributed by atoms with Crippen molar-refractivity contribution in [3.05, 3.63) is 64.6 Å². The number of fused-ring (bicyclic) bond motifs is 3. The summed E-state index contributed by atoms with van der Waals surface area (Å²) >= 11 is 0. The minimum atomic E-state index is -4.36. The Morgan fingerprint density at radius 1 is 1.17 bits per heavy atom. The minimum Gasteiger partial charge on any atom is -0.344 e. The second-order valence-electron chi connectivity index (χ2n) is 8.28. The molecule has 1 aromatic carbocycles. The lowest BCUT2D eigenvalue weighted by molar-refractivity contribution is -0.138. The van der Waals surface area contributed by atoms with Gasteiger partial charge >= 0.3 is 6.18 Å². The number of rotatable bonds is 4. The van der Waals surface area contributed by atoms with E-state index in [4.69, 9.17) is 0 Å². The number of nitrogens with zero attached hydrogens (tertiary/aromatic N) is 3. The highest BCUT2D eigenvalue weighted by Crippen LogP contribution is 2.35. The van der Waals surface area contributed by atoms with Crippen LogP contribution in [-0.4, -0.2) is 28.0 Å². The molecule has 2 aromatic heterocycles. The third kappa shape index (κ3) is 3.78. The van der Waals surface area contributed by atoms with Crippen molar-refractivity contribution < 1.29 is 13.2 Å². The molecular formula is C23H26F3N3. The van der Waals surface area contributed by atoms with Crippen LogP contribution in [0.15, 0.2) is 36.7 Å². The molecule has 154 valence electrons. The SMILES string of the molecule is CC(C)c1ccc2c(c1)c1c(n2CCc2cnccc2C(F)(F)F)CCN(C)C1. The summed E-state index contributed by atoms with van der Waals surface area (Å²) in [6.45, 7) is 6.71. The van der Waals surface area contributed by atoms with E-state index in [9.17, 15) is 13.2 Å². The monoisotopic (exact) mass is 401 g/mol. The first-order valence-electron chi connectivity index (χ1n) is 10.1. The van der Waals surface area contributed by atoms with Gasteiger partial charge in [-0.1, -0.05) is 19.9 Å². The van der Waals surface area contributed by atoms with Gasteiger partial charge in [-0.25, -0.2) is 0 Å². The molecule has 1 aliphatic rings. The summed E-state index contributed by atoms with van der Waals surface area (Å²) in [7, 11) is 2.11. The van der Waals surface area contributed by atoms with Crippen LogP contribution in [0, 0.1) is 0 Å². The number of alkyl halides is 3. The van der Waals surface area contributed by atoms with Crippen LogP contribution in [0.5, 0.6) is 0 Å². The predicted molar refractivity (Wildman–Crippen MR) is 109 cm³/mol. The van der Waals surface area contributed by atoms with E-state index >= 15 is 0 Å². The number of benzene rings is 1. The number of aromatic nitrogens is 2. The number of pyridine rings is 1. The minimum absolute atomic E-state index is 0.252. The lowest BCUT2D eigenvalue weighted by Crippen LogP contribution is -2.27. The molecule has 0 spiro atoms. The summed E-state index contributed by atoms with van der Waals surface area (Å²) < 4.78 is 42.3. The maximum atomic E-state index is 13.4. The number of aryl methyl sites for hydroxylation is 2. The van der Waals surface area contributed by atoms with Crippen molar-refractivity contribution in [1.82, 2.24) is 14.5 Å². The fourth-order valence-corrected chi connectivity index (χ4v) is 4.35. The lowest BCUT2D eigenvalue weighted by Gasteiger charge is -2.24. The number of halogens is 3. The Bertz CT molecular complexity index is 1030. The van der Waals surface area contributed by atoms with E-state index in [0.717, 1.165) is 31.1 Å². The Hall–Kier alpha value is -2.34. The van der Waals surface area contributed by atoms with Crippen LogP contribution in [0.1, 0.15) is 47.7 Å². The Morgan fingerprint density at radius 2 is 1.97 bits per heavy atom. The molecule has 0 radical (unpaired) electrons. The molecule has 3 nitrogen and oxygen atoms in total. The topological polar surface area (TPSA) is 21.1 Å². The zero-order valence-corrected chi connectivity index (χ0v) is 17.1. The first-order chi connectivity index (χ1) is 13.8. The van der Waals surface area contributed by atoms with Gasteiger partial charge in [-0.15, -0.1) is 0 Å². The van der Waals surface area contributed by atoms with Gasteiger partial charge in [0.1, 0.15) is 0 Å². The largest absolute Gasteiger partial charge is 0.416 e. The molecule has 0 unspecified atom stereocenters. The van der Waals surface area contributed by atoms with Crippen molar-refractivity contribution in [3.63, 3.8) is 0 Å². The molecule has 0 saturated carbocycles. The summed E-state index contributed by atoms with van der Waals surface area (Å²) in [5.41, 5.74) is 4.65. The van der Waals surface area contributed by atoms with Crippen molar-refractivity contribution in [1.29, 1.82) is 0 Å². The van der Waals surface area contributed by atoms with Crippen molar-refractivity contribution in [2.45, 2.75) is 51.9 Å². The maximum absolute atomic E-state index is 13.4. The van der Waals surface area contributed by atoms with Gasteiger partial charge in [0.05, 0.1) is 5.56 Å². The van der Waals surface area contributed by atoms with Gasteiger partial charge in [0, 0.05) is 55.0 Å². The Balaban J connectivity index is 1.75. The molecular weight excluding hydrogens is 375 g/mol. The summed E-state index contributed by atoms with van der Waals surface area (Å²) in [5.74, 6) is 0.435. The van der Waals surface area contributed by atoms with Gasteiger partial charge in [0.25, 0.3) is 0 Å². The molecule has 4 rings (SSSR count). The van der Waals surface area contributed by atoms with E-state index in [1.54, 1.807) is 0 Å². The van der Waals surface area contributed by atoms with Crippen LogP contribution < -0.4 is 0 Å². The highest BCUT2D eigenvalue weighted by molar-refractivity contribution is 5.86. The number of hydrogen-bond acceptors (Lipinski definition) is 2. The third-order valence-corrected chi connectivity index (χ3v) is 5.95. The second-order valence-corrected chi connectivity index (χ2v) is 8.28. The van der Waals surface area contributed by atoms with E-state index < -0.39 is 11.7 Å². The second kappa shape index (κ2) is 7.48. The van der Waals surface area contributed by atoms with Crippen LogP contribution in [0.4, 0.5) is 13.2 Å². The van der Waals surface area contributed by atoms with Crippen molar-refractivity contribution in [3.8, 4) is 0 Å². The van der Waals surface area contributed by atoms with Crippen molar-refractivity contribution in [2.24, 2.45) is 0 Å². The van der Waals surface area contributed by atoms with Crippen LogP contribution >= 0.6 is 0 Å². The molecule has 0 aliphatic carbocycles. The molecule has 0 bridgehead atoms. The zero-order valence-electron chi connectivity index (χ0n) is 17.1. The van der Waals surface area contributed by atoms with Crippen LogP contribution in [0.2, 0.25) is 0 Å².